The average Bonchev–Trinajstić information content (AvgIpc) is 3.41. The molecule has 0 saturated heterocycles. The van der Waals surface area contributed by atoms with Gasteiger partial charge in [0.25, 0.3) is 0 Å². The van der Waals surface area contributed by atoms with Crippen molar-refractivity contribution in [3.05, 3.63) is 94.6 Å². The fourth-order valence-corrected chi connectivity index (χ4v) is 14.4. The van der Waals surface area contributed by atoms with Crippen LogP contribution < -0.4 is 9.47 Å². The lowest BCUT2D eigenvalue weighted by atomic mass is 9.74. The lowest BCUT2D eigenvalue weighted by Gasteiger charge is -2.31. The van der Waals surface area contributed by atoms with Crippen LogP contribution >= 0.6 is 0 Å². The maximum absolute atomic E-state index is 13.9. The molecule has 0 aliphatic heterocycles. The van der Waals surface area contributed by atoms with Crippen LogP contribution in [-0.2, 0) is 0 Å². The minimum absolute atomic E-state index is 0.128. The summed E-state index contributed by atoms with van der Waals surface area (Å²) in [6, 6.07) is 12.8. The van der Waals surface area contributed by atoms with Crippen molar-refractivity contribution in [3.63, 3.8) is 0 Å². The van der Waals surface area contributed by atoms with Crippen molar-refractivity contribution in [2.24, 2.45) is 53.3 Å². The molecule has 6 aliphatic carbocycles. The minimum Gasteiger partial charge on any atom is -0.406 e. The molecule has 0 radical (unpaired) electrons. The van der Waals surface area contributed by atoms with Gasteiger partial charge < -0.3 is 9.47 Å². The number of halogens is 10. The van der Waals surface area contributed by atoms with Crippen LogP contribution in [0.4, 0.5) is 43.9 Å². The summed E-state index contributed by atoms with van der Waals surface area (Å²) in [5, 5.41) is 0. The molecule has 0 bridgehead atoms. The van der Waals surface area contributed by atoms with E-state index in [1.54, 1.807) is 18.2 Å². The molecule has 6 aliphatic rings. The normalized spacial score (nSPS) is 30.2. The third-order valence-electron chi connectivity index (χ3n) is 19.6. The molecule has 0 N–H and O–H groups in total. The van der Waals surface area contributed by atoms with Crippen molar-refractivity contribution >= 4 is 0 Å². The topological polar surface area (TPSA) is 18.5 Å². The summed E-state index contributed by atoms with van der Waals surface area (Å²) in [7, 11) is 0. The lowest BCUT2D eigenvalue weighted by molar-refractivity contribution is -0.276. The molecule has 77 heavy (non-hydrogen) atoms. The van der Waals surface area contributed by atoms with Gasteiger partial charge in [0, 0.05) is 0 Å². The number of ether oxygens (including phenoxy) is 2. The summed E-state index contributed by atoms with van der Waals surface area (Å²) in [5.41, 5.74) is 2.58. The van der Waals surface area contributed by atoms with Gasteiger partial charge in [0.2, 0.25) is 0 Å². The van der Waals surface area contributed by atoms with Crippen LogP contribution in [0.15, 0.2) is 54.6 Å². The Kier molecular flexibility index (Phi) is 23.3. The van der Waals surface area contributed by atoms with Crippen molar-refractivity contribution in [3.8, 4) is 11.5 Å². The zero-order chi connectivity index (χ0) is 55.1. The number of hydrogen-bond donors (Lipinski definition) is 0. The van der Waals surface area contributed by atoms with Crippen LogP contribution in [0.25, 0.3) is 0 Å². The molecule has 0 unspecified atom stereocenters. The molecule has 0 heterocycles. The van der Waals surface area contributed by atoms with Gasteiger partial charge in [-0.15, -0.1) is 26.3 Å². The largest absolute Gasteiger partial charge is 0.573 e. The molecule has 6 fully saturated rings. The first kappa shape index (κ1) is 61.2. The van der Waals surface area contributed by atoms with Gasteiger partial charge in [0.05, 0.1) is 0 Å². The maximum atomic E-state index is 13.9. The molecule has 0 amide bonds. The van der Waals surface area contributed by atoms with E-state index in [0.29, 0.717) is 11.5 Å². The molecule has 9 rings (SSSR count). The second kappa shape index (κ2) is 29.3. The Morgan fingerprint density at radius 2 is 0.623 bits per heavy atom. The minimum atomic E-state index is -4.86. The molecule has 3 aromatic carbocycles. The predicted octanol–water partition coefficient (Wildman–Crippen LogP) is 22.1. The molecular weight excluding hydrogens is 1000 g/mol. The third-order valence-corrected chi connectivity index (χ3v) is 19.6. The Labute approximate surface area is 455 Å². The Balaban J connectivity index is 0.000000168. The van der Waals surface area contributed by atoms with Crippen LogP contribution in [0.5, 0.6) is 11.5 Å². The number of alkyl halides is 6. The fraction of sp³-hybridized carbons (Fsp3) is 0.723. The van der Waals surface area contributed by atoms with Gasteiger partial charge in [0.15, 0.2) is 29.0 Å². The SMILES string of the molecule is CC1CCC(CCC2CCC(c3cc(F)c(F)c(F)c3)CC2)CC1.CC1CCC(CCC2CCC(c3ccc(OC(F)(F)F)c(F)c3)CC2)CC1.CC1CCC(CCC2CCC(c3ccc(OC(F)(F)F)cc3)CC2)CC1. The van der Waals surface area contributed by atoms with Crippen molar-refractivity contribution in [1.29, 1.82) is 0 Å². The molecule has 432 valence electrons. The van der Waals surface area contributed by atoms with Crippen molar-refractivity contribution in [2.75, 3.05) is 0 Å². The molecule has 6 saturated carbocycles. The van der Waals surface area contributed by atoms with Gasteiger partial charge in [0.1, 0.15) is 5.75 Å². The van der Waals surface area contributed by atoms with Crippen LogP contribution in [0.1, 0.15) is 248 Å². The second-order valence-electron chi connectivity index (χ2n) is 25.4. The van der Waals surface area contributed by atoms with Crippen molar-refractivity contribution in [2.45, 2.75) is 244 Å². The van der Waals surface area contributed by atoms with Crippen molar-refractivity contribution < 1.29 is 53.4 Å². The lowest BCUT2D eigenvalue weighted by Crippen LogP contribution is -2.18. The second-order valence-corrected chi connectivity index (χ2v) is 25.4. The van der Waals surface area contributed by atoms with E-state index in [-0.39, 0.29) is 17.6 Å². The van der Waals surface area contributed by atoms with Gasteiger partial charge >= 0.3 is 12.7 Å². The maximum Gasteiger partial charge on any atom is 0.573 e. The Bertz CT molecular complexity index is 2140. The molecule has 12 heteroatoms. The van der Waals surface area contributed by atoms with Crippen LogP contribution in [-0.4, -0.2) is 12.7 Å². The van der Waals surface area contributed by atoms with Gasteiger partial charge in [-0.25, -0.2) is 17.6 Å². The average molecular weight is 1090 g/mol. The first-order valence-corrected chi connectivity index (χ1v) is 30.3. The summed E-state index contributed by atoms with van der Waals surface area (Å²) in [6.45, 7) is 7.08. The molecule has 0 atom stereocenters. The van der Waals surface area contributed by atoms with E-state index in [9.17, 15) is 43.9 Å². The van der Waals surface area contributed by atoms with Gasteiger partial charge in [-0.1, -0.05) is 155 Å². The van der Waals surface area contributed by atoms with Gasteiger partial charge in [-0.2, -0.15) is 0 Å². The highest BCUT2D eigenvalue weighted by molar-refractivity contribution is 5.32. The van der Waals surface area contributed by atoms with E-state index in [4.69, 9.17) is 0 Å². The zero-order valence-electron chi connectivity index (χ0n) is 46.4. The molecule has 0 aromatic heterocycles. The number of hydrogen-bond acceptors (Lipinski definition) is 2. The van der Waals surface area contributed by atoms with E-state index in [2.05, 4.69) is 30.2 Å². The first-order valence-electron chi connectivity index (χ1n) is 30.3. The highest BCUT2D eigenvalue weighted by Gasteiger charge is 2.34. The van der Waals surface area contributed by atoms with Gasteiger partial charge in [-0.3, -0.25) is 0 Å². The Morgan fingerprint density at radius 1 is 0.338 bits per heavy atom. The molecule has 2 nitrogen and oxygen atoms in total. The number of benzene rings is 3. The van der Waals surface area contributed by atoms with Crippen molar-refractivity contribution in [1.82, 2.24) is 0 Å². The quantitative estimate of drug-likeness (QED) is 0.118. The fourth-order valence-electron chi connectivity index (χ4n) is 14.4. The summed E-state index contributed by atoms with van der Waals surface area (Å²) in [4.78, 5) is 0. The molecule has 0 spiro atoms. The Morgan fingerprint density at radius 3 is 0.948 bits per heavy atom. The van der Waals surface area contributed by atoms with E-state index in [1.807, 2.05) is 0 Å². The molecule has 3 aromatic rings. The monoisotopic (exact) mass is 1090 g/mol. The van der Waals surface area contributed by atoms with E-state index in [0.717, 1.165) is 135 Å². The van der Waals surface area contributed by atoms with E-state index in [1.165, 1.54) is 159 Å². The van der Waals surface area contributed by atoms with Gasteiger partial charge in [-0.05, 0) is 201 Å². The van der Waals surface area contributed by atoms with Crippen LogP contribution in [0, 0.1) is 76.5 Å². The van der Waals surface area contributed by atoms with E-state index < -0.39 is 41.7 Å². The zero-order valence-corrected chi connectivity index (χ0v) is 46.4. The Hall–Kier alpha value is -3.44. The summed E-state index contributed by atoms with van der Waals surface area (Å²) in [5.74, 6) is 3.48. The van der Waals surface area contributed by atoms with Crippen LogP contribution in [0.2, 0.25) is 0 Å². The summed E-state index contributed by atoms with van der Waals surface area (Å²) >= 11 is 0. The molecular formula is C65H90F10O2. The summed E-state index contributed by atoms with van der Waals surface area (Å²) in [6.07, 6.45) is 28.6. The van der Waals surface area contributed by atoms with E-state index >= 15 is 0 Å². The standard InChI is InChI=1S/C22H30F4O.C22H31F3O.C21H29F3/c1-15-2-4-16(5-3-15)6-7-17-8-10-18(11-9-17)19-12-13-21(20(23)14-19)27-22(24,25)26;1-16-2-4-17(5-3-16)6-7-18-8-10-19(11-9-18)20-12-14-21(15-13-20)26-22(23,24)25;1-14-2-4-15(5-3-14)6-7-16-8-10-17(11-9-16)18-12-19(22)21(24)20(23)13-18/h12-18H,2-11H2,1H3;12-19H,2-11H2,1H3;12-17H,2-11H2,1H3. The highest BCUT2D eigenvalue weighted by atomic mass is 19.4. The predicted molar refractivity (Wildman–Crippen MR) is 288 cm³/mol. The summed E-state index contributed by atoms with van der Waals surface area (Å²) < 4.78 is 135. The third kappa shape index (κ3) is 20.6. The smallest absolute Gasteiger partial charge is 0.406 e. The first-order chi connectivity index (χ1) is 36.7. The number of rotatable bonds is 14. The highest BCUT2D eigenvalue weighted by Crippen LogP contribution is 2.44. The van der Waals surface area contributed by atoms with Crippen LogP contribution in [0.3, 0.4) is 0 Å².